The smallest absolute Gasteiger partial charge is 0.329 e. The maximum Gasteiger partial charge on any atom is 0.329 e. The maximum atomic E-state index is 14.6. The minimum atomic E-state index is -0.878. The van der Waals surface area contributed by atoms with Crippen LogP contribution in [0.25, 0.3) is 11.3 Å². The molecule has 4 aromatic rings. The number of carbonyl (C=O) groups excluding carboxylic acids is 2. The van der Waals surface area contributed by atoms with Crippen LogP contribution >= 0.6 is 22.6 Å². The average Bonchev–Trinajstić information content (AvgIpc) is 3.37. The number of hydrogen-bond acceptors (Lipinski definition) is 7. The fourth-order valence-corrected chi connectivity index (χ4v) is 5.09. The van der Waals surface area contributed by atoms with Crippen molar-refractivity contribution in [1.82, 2.24) is 15.3 Å². The number of methoxy groups -OCH3 is 1. The fourth-order valence-electron chi connectivity index (χ4n) is 4.78. The zero-order valence-electron chi connectivity index (χ0n) is 23.2. The van der Waals surface area contributed by atoms with Gasteiger partial charge in [0.2, 0.25) is 0 Å². The normalized spacial score (nSPS) is 14.9. The van der Waals surface area contributed by atoms with Gasteiger partial charge in [-0.1, -0.05) is 65.9 Å². The van der Waals surface area contributed by atoms with Crippen LogP contribution in [0.15, 0.2) is 67.0 Å². The van der Waals surface area contributed by atoms with Crippen LogP contribution in [-0.4, -0.2) is 46.0 Å². The van der Waals surface area contributed by atoms with Gasteiger partial charge < -0.3 is 30.4 Å². The van der Waals surface area contributed by atoms with Crippen molar-refractivity contribution in [2.24, 2.45) is 5.92 Å². The van der Waals surface area contributed by atoms with Crippen LogP contribution in [0.1, 0.15) is 28.5 Å². The molecule has 1 aliphatic rings. The number of aromatic amines is 1. The molecule has 9 nitrogen and oxygen atoms in total. The van der Waals surface area contributed by atoms with Crippen molar-refractivity contribution in [3.05, 3.63) is 89.6 Å². The molecule has 0 saturated carbocycles. The number of hydrogen-bond donors (Lipinski definition) is 4. The Morgan fingerprint density at radius 1 is 1.17 bits per heavy atom. The lowest BCUT2D eigenvalue weighted by atomic mass is 10.00. The molecule has 1 aliphatic heterocycles. The summed E-state index contributed by atoms with van der Waals surface area (Å²) in [5.74, 6) is -1.10. The molecule has 2 aromatic carbocycles. The Hall–Kier alpha value is -4.13. The van der Waals surface area contributed by atoms with E-state index < -0.39 is 23.7 Å². The largest absolute Gasteiger partial charge is 0.492 e. The van der Waals surface area contributed by atoms with Crippen LogP contribution in [0.3, 0.4) is 0 Å². The van der Waals surface area contributed by atoms with Gasteiger partial charge in [0.25, 0.3) is 5.91 Å². The highest BCUT2D eigenvalue weighted by molar-refractivity contribution is 14.1. The minimum Gasteiger partial charge on any atom is -0.492 e. The molecule has 2 atom stereocenters. The number of para-hydroxylation sites is 1. The standard InChI is InChI=1S/C31H31FIN5O4/c1-18(14-33)15-35-25-16-34-12-11-20(25)27-28(36-22-10-6-9-21(32)29(22)41-2)26-23(37-27)13-24(38-30(26)39)31(40)42-17-19-7-4-3-5-8-19/h3-12,16,18,24,35-37H,13-15,17H2,1-2H3,(H,38,39). The highest BCUT2D eigenvalue weighted by Crippen LogP contribution is 2.42. The van der Waals surface area contributed by atoms with E-state index in [0.717, 1.165) is 27.8 Å². The molecular weight excluding hydrogens is 652 g/mol. The highest BCUT2D eigenvalue weighted by Gasteiger charge is 2.36. The molecular formula is C31H31FIN5O4. The van der Waals surface area contributed by atoms with Crippen molar-refractivity contribution in [1.29, 1.82) is 0 Å². The number of fused-ring (bicyclic) bond motifs is 1. The van der Waals surface area contributed by atoms with Gasteiger partial charge in [0.05, 0.1) is 41.6 Å². The lowest BCUT2D eigenvalue weighted by Gasteiger charge is -2.23. The Morgan fingerprint density at radius 2 is 1.98 bits per heavy atom. The molecule has 0 radical (unpaired) electrons. The van der Waals surface area contributed by atoms with E-state index in [-0.39, 0.29) is 18.8 Å². The van der Waals surface area contributed by atoms with Gasteiger partial charge in [-0.3, -0.25) is 9.78 Å². The van der Waals surface area contributed by atoms with Crippen LogP contribution in [0.4, 0.5) is 21.5 Å². The molecule has 3 heterocycles. The number of halogens is 2. The Balaban J connectivity index is 1.52. The SMILES string of the molecule is COc1c(F)cccc1Nc1c(-c2ccncc2NCC(C)CI)[nH]c2c1C(=O)NC(C(=O)OCc1ccccc1)C2. The Morgan fingerprint density at radius 3 is 2.74 bits per heavy atom. The second kappa shape index (κ2) is 13.2. The maximum absolute atomic E-state index is 14.6. The topological polar surface area (TPSA) is 117 Å². The van der Waals surface area contributed by atoms with E-state index in [4.69, 9.17) is 9.47 Å². The van der Waals surface area contributed by atoms with Crippen LogP contribution in [0.2, 0.25) is 0 Å². The molecule has 218 valence electrons. The molecule has 0 saturated heterocycles. The second-order valence-electron chi connectivity index (χ2n) is 10.1. The third-order valence-electron chi connectivity index (χ3n) is 6.95. The number of nitrogens with one attached hydrogen (secondary N) is 4. The monoisotopic (exact) mass is 683 g/mol. The molecule has 1 amide bonds. The summed E-state index contributed by atoms with van der Waals surface area (Å²) >= 11 is 2.35. The fraction of sp³-hybridized carbons (Fsp3) is 0.258. The molecule has 5 rings (SSSR count). The number of pyridine rings is 1. The summed E-state index contributed by atoms with van der Waals surface area (Å²) in [5, 5.41) is 9.50. The lowest BCUT2D eigenvalue weighted by molar-refractivity contribution is -0.147. The summed E-state index contributed by atoms with van der Waals surface area (Å²) in [7, 11) is 1.38. The third kappa shape index (κ3) is 6.35. The molecule has 0 fully saturated rings. The number of rotatable bonds is 11. The molecule has 0 bridgehead atoms. The molecule has 11 heteroatoms. The molecule has 0 aliphatic carbocycles. The van der Waals surface area contributed by atoms with Gasteiger partial charge in [0, 0.05) is 34.8 Å². The molecule has 2 aromatic heterocycles. The zero-order chi connectivity index (χ0) is 29.6. The van der Waals surface area contributed by atoms with Crippen LogP contribution < -0.4 is 20.7 Å². The van der Waals surface area contributed by atoms with Gasteiger partial charge in [-0.25, -0.2) is 9.18 Å². The number of alkyl halides is 1. The number of aromatic nitrogens is 2. The summed E-state index contributed by atoms with van der Waals surface area (Å²) < 4.78 is 26.4. The Bertz CT molecular complexity index is 1580. The predicted molar refractivity (Wildman–Crippen MR) is 168 cm³/mol. The van der Waals surface area contributed by atoms with Gasteiger partial charge in [-0.05, 0) is 29.7 Å². The lowest BCUT2D eigenvalue weighted by Crippen LogP contribution is -2.47. The molecule has 4 N–H and O–H groups in total. The number of benzene rings is 2. The number of carbonyl (C=O) groups is 2. The number of H-pyrrole nitrogens is 1. The van der Waals surface area contributed by atoms with Crippen LogP contribution in [0.5, 0.6) is 5.75 Å². The summed E-state index contributed by atoms with van der Waals surface area (Å²) in [5.41, 5.74) is 4.62. The van der Waals surface area contributed by atoms with Crippen molar-refractivity contribution < 1.29 is 23.5 Å². The second-order valence-corrected chi connectivity index (χ2v) is 10.9. The van der Waals surface area contributed by atoms with Crippen LogP contribution in [0, 0.1) is 11.7 Å². The van der Waals surface area contributed by atoms with Gasteiger partial charge in [0.15, 0.2) is 11.6 Å². The molecule has 42 heavy (non-hydrogen) atoms. The molecule has 2 unspecified atom stereocenters. The third-order valence-corrected chi connectivity index (χ3v) is 8.46. The first-order chi connectivity index (χ1) is 20.4. The Kier molecular flexibility index (Phi) is 9.25. The summed E-state index contributed by atoms with van der Waals surface area (Å²) in [6.07, 6.45) is 3.58. The summed E-state index contributed by atoms with van der Waals surface area (Å²) in [6.45, 7) is 2.97. The van der Waals surface area contributed by atoms with Crippen molar-refractivity contribution >= 4 is 51.5 Å². The van der Waals surface area contributed by atoms with Gasteiger partial charge >= 0.3 is 5.97 Å². The van der Waals surface area contributed by atoms with E-state index in [2.05, 4.69) is 55.4 Å². The van der Waals surface area contributed by atoms with E-state index in [1.165, 1.54) is 13.2 Å². The van der Waals surface area contributed by atoms with Crippen molar-refractivity contribution in [2.75, 3.05) is 28.7 Å². The van der Waals surface area contributed by atoms with Crippen LogP contribution in [-0.2, 0) is 22.6 Å². The first-order valence-electron chi connectivity index (χ1n) is 13.5. The summed E-state index contributed by atoms with van der Waals surface area (Å²) in [6, 6.07) is 14.8. The number of ether oxygens (including phenoxy) is 2. The van der Waals surface area contributed by atoms with Crippen molar-refractivity contribution in [3.8, 4) is 17.0 Å². The van der Waals surface area contributed by atoms with Gasteiger partial charge in [-0.2, -0.15) is 0 Å². The van der Waals surface area contributed by atoms with E-state index in [1.807, 2.05) is 36.4 Å². The summed E-state index contributed by atoms with van der Waals surface area (Å²) in [4.78, 5) is 34.2. The molecule has 0 spiro atoms. The van der Waals surface area contributed by atoms with Gasteiger partial charge in [0.1, 0.15) is 12.6 Å². The van der Waals surface area contributed by atoms with E-state index in [1.54, 1.807) is 24.5 Å². The zero-order valence-corrected chi connectivity index (χ0v) is 25.3. The quantitative estimate of drug-likeness (QED) is 0.0891. The number of esters is 1. The minimum absolute atomic E-state index is 0.0148. The van der Waals surface area contributed by atoms with E-state index in [0.29, 0.717) is 34.2 Å². The predicted octanol–water partition coefficient (Wildman–Crippen LogP) is 5.85. The van der Waals surface area contributed by atoms with Gasteiger partial charge in [-0.15, -0.1) is 0 Å². The number of nitrogens with zero attached hydrogens (tertiary/aromatic N) is 1. The Labute approximate surface area is 256 Å². The van der Waals surface area contributed by atoms with E-state index in [9.17, 15) is 14.0 Å². The number of anilines is 3. The van der Waals surface area contributed by atoms with Crippen molar-refractivity contribution in [2.45, 2.75) is 26.0 Å². The first kappa shape index (κ1) is 29.4. The first-order valence-corrected chi connectivity index (χ1v) is 15.0. The highest BCUT2D eigenvalue weighted by atomic mass is 127. The number of amides is 1. The average molecular weight is 684 g/mol. The van der Waals surface area contributed by atoms with Crippen molar-refractivity contribution in [3.63, 3.8) is 0 Å². The van der Waals surface area contributed by atoms with E-state index >= 15 is 0 Å².